The number of Topliss-reactive ketones (excluding diaryl/α,β-unsaturated/α-hetero) is 1. The zero-order valence-electron chi connectivity index (χ0n) is 31.4. The standard InChI is InChI=1S/C40H53N7O6/c1-6-40-18-17-26-22-47(30(28(26)40)36(51)45-32(40)31(48)37(52)43-23(2)24-13-9-7-10-14-24)38(53)33(39(3,4)5)46-35(50)29(25-15-11-8-12-16-25)44-34(49)27-21-41-19-20-42-27/h7,9-10,13-14,19-21,23,25-26,28-30,32-33H,6,8,11-12,15-18,22H2,1-5H3,(H,43,52)(H,44,49)(H,45,51)(H,46,50)/t23-,26-,28-,29-,30-,32+,33+,40?/m0/s1. The van der Waals surface area contributed by atoms with Gasteiger partial charge in [0.25, 0.3) is 11.8 Å². The lowest BCUT2D eigenvalue weighted by molar-refractivity contribution is -0.153. The Balaban J connectivity index is 1.22. The SMILES string of the molecule is CCC12CC[C@H]3CN(C(=O)[C@@H](NC(=O)[C@@H](NC(=O)c4cnccn4)C4CCCCC4)C(C)(C)C)[C@H](C(=O)N[C@@H]1C(=O)C(=O)N[C@@H](C)c1ccccc1)[C@H]32. The minimum Gasteiger partial charge on any atom is -0.343 e. The summed E-state index contributed by atoms with van der Waals surface area (Å²) in [7, 11) is 0. The van der Waals surface area contributed by atoms with Gasteiger partial charge in [-0.2, -0.15) is 0 Å². The van der Waals surface area contributed by atoms with E-state index in [0.717, 1.165) is 37.7 Å². The van der Waals surface area contributed by atoms with Gasteiger partial charge in [-0.05, 0) is 61.8 Å². The molecule has 2 saturated carbocycles. The fourth-order valence-electron chi connectivity index (χ4n) is 9.56. The van der Waals surface area contributed by atoms with Crippen molar-refractivity contribution in [1.82, 2.24) is 36.1 Å². The molecule has 2 aromatic rings. The molecule has 6 rings (SSSR count). The van der Waals surface area contributed by atoms with Crippen molar-refractivity contribution >= 4 is 35.3 Å². The number of amides is 5. The lowest BCUT2D eigenvalue weighted by Gasteiger charge is -2.48. The molecule has 1 aromatic carbocycles. The van der Waals surface area contributed by atoms with Gasteiger partial charge in [-0.3, -0.25) is 33.8 Å². The maximum atomic E-state index is 14.7. The first-order valence-electron chi connectivity index (χ1n) is 19.1. The molecule has 2 aliphatic carbocycles. The van der Waals surface area contributed by atoms with Crippen LogP contribution in [0.3, 0.4) is 0 Å². The molecule has 2 aliphatic heterocycles. The number of nitrogens with zero attached hydrogens (tertiary/aromatic N) is 3. The van der Waals surface area contributed by atoms with E-state index in [4.69, 9.17) is 0 Å². The van der Waals surface area contributed by atoms with Gasteiger partial charge in [0.05, 0.1) is 12.2 Å². The Hall–Kier alpha value is -4.68. The average Bonchev–Trinajstić information content (AvgIpc) is 3.74. The van der Waals surface area contributed by atoms with E-state index in [-0.39, 0.29) is 29.4 Å². The predicted molar refractivity (Wildman–Crippen MR) is 196 cm³/mol. The number of ketones is 1. The molecule has 4 N–H and O–H groups in total. The van der Waals surface area contributed by atoms with Crippen molar-refractivity contribution < 1.29 is 28.8 Å². The molecule has 5 amide bonds. The second-order valence-corrected chi connectivity index (χ2v) is 16.5. The van der Waals surface area contributed by atoms with Crippen molar-refractivity contribution in [3.63, 3.8) is 0 Å². The molecule has 1 unspecified atom stereocenters. The summed E-state index contributed by atoms with van der Waals surface area (Å²) in [6.45, 7) is 9.68. The van der Waals surface area contributed by atoms with Gasteiger partial charge in [0, 0.05) is 30.3 Å². The molecular formula is C40H53N7O6. The number of piperidine rings is 1. The van der Waals surface area contributed by atoms with Crippen LogP contribution in [0.5, 0.6) is 0 Å². The van der Waals surface area contributed by atoms with E-state index in [1.54, 1.807) is 4.90 Å². The number of hydrogen-bond donors (Lipinski definition) is 4. The van der Waals surface area contributed by atoms with Crippen LogP contribution in [0.2, 0.25) is 0 Å². The number of aromatic nitrogens is 2. The third kappa shape index (κ3) is 7.44. The Labute approximate surface area is 311 Å². The summed E-state index contributed by atoms with van der Waals surface area (Å²) in [6.07, 6.45) is 10.5. The number of hydrogen-bond acceptors (Lipinski definition) is 8. The number of carbonyl (C=O) groups is 6. The van der Waals surface area contributed by atoms with E-state index >= 15 is 0 Å². The van der Waals surface area contributed by atoms with Crippen molar-refractivity contribution in [2.75, 3.05) is 6.54 Å². The summed E-state index contributed by atoms with van der Waals surface area (Å²) < 4.78 is 0. The van der Waals surface area contributed by atoms with Gasteiger partial charge in [0.2, 0.25) is 23.5 Å². The summed E-state index contributed by atoms with van der Waals surface area (Å²) in [5.74, 6) is -3.74. The molecule has 2 saturated heterocycles. The fourth-order valence-corrected chi connectivity index (χ4v) is 9.56. The van der Waals surface area contributed by atoms with E-state index < -0.39 is 70.5 Å². The normalized spacial score (nSPS) is 27.1. The molecule has 0 radical (unpaired) electrons. The summed E-state index contributed by atoms with van der Waals surface area (Å²) in [5.41, 5.74) is -0.512. The van der Waals surface area contributed by atoms with Crippen LogP contribution in [0.25, 0.3) is 0 Å². The zero-order chi connectivity index (χ0) is 38.1. The molecule has 284 valence electrons. The number of rotatable bonds is 11. The minimum absolute atomic E-state index is 0.0471. The summed E-state index contributed by atoms with van der Waals surface area (Å²) in [5, 5.41) is 11.6. The molecule has 3 heterocycles. The first-order chi connectivity index (χ1) is 25.3. The van der Waals surface area contributed by atoms with Gasteiger partial charge in [-0.15, -0.1) is 0 Å². The second kappa shape index (κ2) is 15.4. The van der Waals surface area contributed by atoms with Gasteiger partial charge in [-0.1, -0.05) is 77.3 Å². The van der Waals surface area contributed by atoms with E-state index in [0.29, 0.717) is 25.8 Å². The van der Waals surface area contributed by atoms with Crippen molar-refractivity contribution in [3.05, 3.63) is 60.2 Å². The zero-order valence-corrected chi connectivity index (χ0v) is 31.4. The Kier molecular flexibility index (Phi) is 11.0. The van der Waals surface area contributed by atoms with Crippen molar-refractivity contribution in [2.24, 2.45) is 28.6 Å². The first-order valence-corrected chi connectivity index (χ1v) is 19.1. The Morgan fingerprint density at radius 3 is 2.34 bits per heavy atom. The highest BCUT2D eigenvalue weighted by molar-refractivity contribution is 6.39. The third-order valence-corrected chi connectivity index (χ3v) is 12.3. The van der Waals surface area contributed by atoms with Crippen LogP contribution < -0.4 is 21.3 Å². The topological polar surface area (TPSA) is 180 Å². The number of nitrogens with one attached hydrogen (secondary N) is 4. The van der Waals surface area contributed by atoms with E-state index in [2.05, 4.69) is 31.2 Å². The molecule has 0 bridgehead atoms. The smallest absolute Gasteiger partial charge is 0.290 e. The molecule has 13 nitrogen and oxygen atoms in total. The average molecular weight is 728 g/mol. The van der Waals surface area contributed by atoms with Crippen molar-refractivity contribution in [2.45, 2.75) is 116 Å². The van der Waals surface area contributed by atoms with Gasteiger partial charge >= 0.3 is 0 Å². The molecule has 13 heteroatoms. The Morgan fingerprint density at radius 1 is 0.981 bits per heavy atom. The molecule has 0 spiro atoms. The van der Waals surface area contributed by atoms with Crippen LogP contribution in [0.15, 0.2) is 48.9 Å². The molecule has 4 aliphatic rings. The summed E-state index contributed by atoms with van der Waals surface area (Å²) >= 11 is 0. The maximum Gasteiger partial charge on any atom is 0.290 e. The third-order valence-electron chi connectivity index (χ3n) is 12.3. The molecule has 8 atom stereocenters. The lowest BCUT2D eigenvalue weighted by atomic mass is 9.63. The monoisotopic (exact) mass is 727 g/mol. The highest BCUT2D eigenvalue weighted by Gasteiger charge is 2.67. The Morgan fingerprint density at radius 2 is 1.70 bits per heavy atom. The van der Waals surface area contributed by atoms with Crippen LogP contribution in [0.4, 0.5) is 0 Å². The van der Waals surface area contributed by atoms with Crippen LogP contribution in [-0.2, 0) is 24.0 Å². The largest absolute Gasteiger partial charge is 0.343 e. The highest BCUT2D eigenvalue weighted by atomic mass is 16.2. The summed E-state index contributed by atoms with van der Waals surface area (Å²) in [4.78, 5) is 93.2. The van der Waals surface area contributed by atoms with E-state index in [1.807, 2.05) is 65.0 Å². The predicted octanol–water partition coefficient (Wildman–Crippen LogP) is 3.26. The molecule has 53 heavy (non-hydrogen) atoms. The Bertz CT molecular complexity index is 1710. The van der Waals surface area contributed by atoms with Crippen LogP contribution in [0, 0.1) is 28.6 Å². The maximum absolute atomic E-state index is 14.7. The van der Waals surface area contributed by atoms with Crippen LogP contribution in [-0.4, -0.2) is 80.9 Å². The first kappa shape index (κ1) is 38.1. The quantitative estimate of drug-likeness (QED) is 0.255. The van der Waals surface area contributed by atoms with Gasteiger partial charge in [0.15, 0.2) is 0 Å². The molecule has 4 fully saturated rings. The lowest BCUT2D eigenvalue weighted by Crippen LogP contribution is -2.69. The van der Waals surface area contributed by atoms with Crippen LogP contribution >= 0.6 is 0 Å². The molecular weight excluding hydrogens is 674 g/mol. The second-order valence-electron chi connectivity index (χ2n) is 16.5. The van der Waals surface area contributed by atoms with Crippen molar-refractivity contribution in [1.29, 1.82) is 0 Å². The number of benzene rings is 1. The summed E-state index contributed by atoms with van der Waals surface area (Å²) in [6, 6.07) is 5.18. The van der Waals surface area contributed by atoms with Crippen molar-refractivity contribution in [3.8, 4) is 0 Å². The van der Waals surface area contributed by atoms with E-state index in [9.17, 15) is 28.8 Å². The molecule has 1 aromatic heterocycles. The van der Waals surface area contributed by atoms with Crippen LogP contribution in [0.1, 0.15) is 108 Å². The highest BCUT2D eigenvalue weighted by Crippen LogP contribution is 2.59. The van der Waals surface area contributed by atoms with Gasteiger partial charge < -0.3 is 26.2 Å². The van der Waals surface area contributed by atoms with Gasteiger partial charge in [0.1, 0.15) is 29.9 Å². The van der Waals surface area contributed by atoms with Gasteiger partial charge in [-0.25, -0.2) is 4.98 Å². The minimum atomic E-state index is -1.02. The fraction of sp³-hybridized carbons (Fsp3) is 0.600. The number of carbonyl (C=O) groups excluding carboxylic acids is 6. The van der Waals surface area contributed by atoms with E-state index in [1.165, 1.54) is 18.6 Å². The number of likely N-dealkylation sites (tertiary alicyclic amines) is 1.